The van der Waals surface area contributed by atoms with Crippen molar-refractivity contribution in [2.45, 2.75) is 45.4 Å². The highest BCUT2D eigenvalue weighted by atomic mass is 16.5. The zero-order valence-corrected chi connectivity index (χ0v) is 11.4. The van der Waals surface area contributed by atoms with Crippen LogP contribution in [-0.2, 0) is 4.74 Å². The van der Waals surface area contributed by atoms with Crippen LogP contribution in [0.15, 0.2) is 24.3 Å². The first-order valence-electron chi connectivity index (χ1n) is 6.72. The van der Waals surface area contributed by atoms with Crippen LogP contribution in [0, 0.1) is 5.92 Å². The maximum Gasteiger partial charge on any atom is 0.124 e. The average molecular weight is 249 g/mol. The summed E-state index contributed by atoms with van der Waals surface area (Å²) >= 11 is 0. The Bertz CT molecular complexity index is 392. The quantitative estimate of drug-likeness (QED) is 0.892. The molecule has 0 aromatic heterocycles. The number of ether oxygens (including phenoxy) is 2. The molecule has 18 heavy (non-hydrogen) atoms. The Labute approximate surface area is 109 Å². The molecule has 1 aromatic carbocycles. The summed E-state index contributed by atoms with van der Waals surface area (Å²) < 4.78 is 11.4. The first-order chi connectivity index (χ1) is 8.59. The lowest BCUT2D eigenvalue weighted by Crippen LogP contribution is -2.27. The second kappa shape index (κ2) is 5.72. The molecule has 1 aliphatic heterocycles. The molecule has 1 aromatic rings. The van der Waals surface area contributed by atoms with E-state index in [1.165, 1.54) is 0 Å². The van der Waals surface area contributed by atoms with E-state index >= 15 is 0 Å². The van der Waals surface area contributed by atoms with Crippen LogP contribution in [0.3, 0.4) is 0 Å². The molecule has 3 nitrogen and oxygen atoms in total. The van der Waals surface area contributed by atoms with Crippen molar-refractivity contribution in [3.8, 4) is 5.75 Å². The van der Waals surface area contributed by atoms with Gasteiger partial charge in [-0.2, -0.15) is 0 Å². The van der Waals surface area contributed by atoms with Gasteiger partial charge in [-0.3, -0.25) is 0 Å². The van der Waals surface area contributed by atoms with Gasteiger partial charge in [-0.1, -0.05) is 18.2 Å². The number of para-hydroxylation sites is 1. The molecule has 1 aliphatic rings. The molecule has 100 valence electrons. The maximum atomic E-state index is 6.41. The van der Waals surface area contributed by atoms with Crippen molar-refractivity contribution in [1.29, 1.82) is 0 Å². The van der Waals surface area contributed by atoms with Gasteiger partial charge >= 0.3 is 0 Å². The summed E-state index contributed by atoms with van der Waals surface area (Å²) in [5, 5.41) is 0. The number of rotatable bonds is 4. The first kappa shape index (κ1) is 13.4. The standard InChI is InChI=1S/C15H23NO2/c1-10(2)18-14-7-5-4-6-13(14)15(16)12-8-9-17-11(12)3/h4-7,10-12,15H,8-9,16H2,1-3H3. The summed E-state index contributed by atoms with van der Waals surface area (Å²) in [5.41, 5.74) is 7.50. The van der Waals surface area contributed by atoms with Gasteiger partial charge in [0.1, 0.15) is 5.75 Å². The Balaban J connectivity index is 2.21. The Morgan fingerprint density at radius 2 is 2.06 bits per heavy atom. The highest BCUT2D eigenvalue weighted by Crippen LogP contribution is 2.35. The molecule has 0 saturated carbocycles. The van der Waals surface area contributed by atoms with Crippen LogP contribution in [0.4, 0.5) is 0 Å². The van der Waals surface area contributed by atoms with Crippen LogP contribution in [-0.4, -0.2) is 18.8 Å². The molecule has 0 radical (unpaired) electrons. The van der Waals surface area contributed by atoms with Crippen molar-refractivity contribution >= 4 is 0 Å². The van der Waals surface area contributed by atoms with Gasteiger partial charge in [0.2, 0.25) is 0 Å². The fraction of sp³-hybridized carbons (Fsp3) is 0.600. The number of hydrogen-bond acceptors (Lipinski definition) is 3. The number of benzene rings is 1. The second-order valence-electron chi connectivity index (χ2n) is 5.26. The summed E-state index contributed by atoms with van der Waals surface area (Å²) in [4.78, 5) is 0. The van der Waals surface area contributed by atoms with E-state index in [9.17, 15) is 0 Å². The molecule has 1 saturated heterocycles. The molecule has 2 rings (SSSR count). The largest absolute Gasteiger partial charge is 0.491 e. The van der Waals surface area contributed by atoms with Gasteiger partial charge in [0.15, 0.2) is 0 Å². The zero-order chi connectivity index (χ0) is 13.1. The predicted molar refractivity (Wildman–Crippen MR) is 72.7 cm³/mol. The molecule has 1 fully saturated rings. The van der Waals surface area contributed by atoms with Crippen molar-refractivity contribution < 1.29 is 9.47 Å². The van der Waals surface area contributed by atoms with Gasteiger partial charge in [0, 0.05) is 24.1 Å². The average Bonchev–Trinajstić information content (AvgIpc) is 2.74. The highest BCUT2D eigenvalue weighted by Gasteiger charge is 2.31. The Morgan fingerprint density at radius 3 is 2.67 bits per heavy atom. The highest BCUT2D eigenvalue weighted by molar-refractivity contribution is 5.36. The summed E-state index contributed by atoms with van der Waals surface area (Å²) in [5.74, 6) is 1.28. The van der Waals surface area contributed by atoms with E-state index in [-0.39, 0.29) is 18.2 Å². The smallest absolute Gasteiger partial charge is 0.124 e. The van der Waals surface area contributed by atoms with E-state index in [1.54, 1.807) is 0 Å². The molecule has 0 spiro atoms. The van der Waals surface area contributed by atoms with E-state index in [2.05, 4.69) is 13.0 Å². The van der Waals surface area contributed by atoms with Crippen LogP contribution in [0.1, 0.15) is 38.8 Å². The number of nitrogens with two attached hydrogens (primary N) is 1. The van der Waals surface area contributed by atoms with E-state index in [0.717, 1.165) is 24.3 Å². The van der Waals surface area contributed by atoms with Crippen molar-refractivity contribution in [3.63, 3.8) is 0 Å². The predicted octanol–water partition coefficient (Wildman–Crippen LogP) is 2.90. The molecule has 0 amide bonds. The van der Waals surface area contributed by atoms with Gasteiger partial charge in [-0.05, 0) is 33.3 Å². The van der Waals surface area contributed by atoms with E-state index in [0.29, 0.717) is 5.92 Å². The minimum absolute atomic E-state index is 0.0163. The molecule has 0 aliphatic carbocycles. The number of hydrogen-bond donors (Lipinski definition) is 1. The third-order valence-corrected chi connectivity index (χ3v) is 3.54. The van der Waals surface area contributed by atoms with Gasteiger partial charge in [-0.25, -0.2) is 0 Å². The molecule has 2 N–H and O–H groups in total. The summed E-state index contributed by atoms with van der Waals surface area (Å²) in [6.45, 7) is 6.98. The zero-order valence-electron chi connectivity index (χ0n) is 11.4. The summed E-state index contributed by atoms with van der Waals surface area (Å²) in [6.07, 6.45) is 1.42. The molecule has 3 unspecified atom stereocenters. The monoisotopic (exact) mass is 249 g/mol. The lowest BCUT2D eigenvalue weighted by molar-refractivity contribution is 0.0990. The molecular formula is C15H23NO2. The van der Waals surface area contributed by atoms with E-state index in [1.807, 2.05) is 32.0 Å². The van der Waals surface area contributed by atoms with Gasteiger partial charge < -0.3 is 15.2 Å². The van der Waals surface area contributed by atoms with Crippen LogP contribution in [0.2, 0.25) is 0 Å². The second-order valence-corrected chi connectivity index (χ2v) is 5.26. The lowest BCUT2D eigenvalue weighted by atomic mass is 9.88. The summed E-state index contributed by atoms with van der Waals surface area (Å²) in [6, 6.07) is 8.05. The molecular weight excluding hydrogens is 226 g/mol. The van der Waals surface area contributed by atoms with Crippen molar-refractivity contribution in [3.05, 3.63) is 29.8 Å². The van der Waals surface area contributed by atoms with E-state index < -0.39 is 0 Å². The molecule has 3 atom stereocenters. The normalized spacial score (nSPS) is 25.4. The van der Waals surface area contributed by atoms with Crippen molar-refractivity contribution in [2.24, 2.45) is 11.7 Å². The van der Waals surface area contributed by atoms with Crippen molar-refractivity contribution in [2.75, 3.05) is 6.61 Å². The van der Waals surface area contributed by atoms with Gasteiger partial charge in [0.25, 0.3) is 0 Å². The fourth-order valence-corrected chi connectivity index (χ4v) is 2.57. The first-order valence-corrected chi connectivity index (χ1v) is 6.72. The third-order valence-electron chi connectivity index (χ3n) is 3.54. The van der Waals surface area contributed by atoms with Crippen LogP contribution >= 0.6 is 0 Å². The topological polar surface area (TPSA) is 44.5 Å². The minimum atomic E-state index is -0.0163. The Kier molecular flexibility index (Phi) is 4.25. The molecule has 3 heteroatoms. The summed E-state index contributed by atoms with van der Waals surface area (Å²) in [7, 11) is 0. The van der Waals surface area contributed by atoms with Crippen molar-refractivity contribution in [1.82, 2.24) is 0 Å². The van der Waals surface area contributed by atoms with Crippen LogP contribution < -0.4 is 10.5 Å². The van der Waals surface area contributed by atoms with E-state index in [4.69, 9.17) is 15.2 Å². The SMILES string of the molecule is CC(C)Oc1ccccc1C(N)C1CCOC1C. The Hall–Kier alpha value is -1.06. The van der Waals surface area contributed by atoms with Crippen LogP contribution in [0.25, 0.3) is 0 Å². The minimum Gasteiger partial charge on any atom is -0.491 e. The lowest BCUT2D eigenvalue weighted by Gasteiger charge is -2.25. The maximum absolute atomic E-state index is 6.41. The Morgan fingerprint density at radius 1 is 1.33 bits per heavy atom. The molecule has 0 bridgehead atoms. The fourth-order valence-electron chi connectivity index (χ4n) is 2.57. The van der Waals surface area contributed by atoms with Gasteiger partial charge in [-0.15, -0.1) is 0 Å². The van der Waals surface area contributed by atoms with Gasteiger partial charge in [0.05, 0.1) is 12.2 Å². The third kappa shape index (κ3) is 2.85. The van der Waals surface area contributed by atoms with Crippen LogP contribution in [0.5, 0.6) is 5.75 Å². The molecule has 1 heterocycles.